The Labute approximate surface area is 103 Å². The SMILES string of the molecule is FC=C(F)C(F)(F)C(F)F.FC=C(F)C(F)(F)C(F)F. The Hall–Kier alpha value is -1.36. The Morgan fingerprint density at radius 3 is 0.900 bits per heavy atom. The number of alkyl halides is 8. The number of allylic oxidation sites excluding steroid dienone is 2. The molecule has 0 amide bonds. The van der Waals surface area contributed by atoms with Crippen LogP contribution in [0.5, 0.6) is 0 Å². The Balaban J connectivity index is 0. The summed E-state index contributed by atoms with van der Waals surface area (Å²) >= 11 is 0. The van der Waals surface area contributed by atoms with Crippen molar-refractivity contribution in [3.05, 3.63) is 24.3 Å². The molecule has 20 heavy (non-hydrogen) atoms. The second kappa shape index (κ2) is 8.04. The van der Waals surface area contributed by atoms with Crippen molar-refractivity contribution in [3.63, 3.8) is 0 Å². The maximum absolute atomic E-state index is 11.5. The average Bonchev–Trinajstić information content (AvgIpc) is 2.36. The molecule has 0 heterocycles. The number of rotatable bonds is 4. The summed E-state index contributed by atoms with van der Waals surface area (Å²) < 4.78 is 135. The molecule has 120 valence electrons. The van der Waals surface area contributed by atoms with Crippen molar-refractivity contribution in [1.82, 2.24) is 0 Å². The van der Waals surface area contributed by atoms with Crippen molar-refractivity contribution < 1.29 is 52.7 Å². The quantitative estimate of drug-likeness (QED) is 0.612. The maximum Gasteiger partial charge on any atom is 0.360 e. The van der Waals surface area contributed by atoms with Gasteiger partial charge in [-0.25, -0.2) is 35.1 Å². The number of hydrogen-bond donors (Lipinski definition) is 0. The third-order valence-corrected chi connectivity index (χ3v) is 1.38. The molecule has 0 bridgehead atoms. The highest BCUT2D eigenvalue weighted by Gasteiger charge is 2.46. The van der Waals surface area contributed by atoms with Crippen LogP contribution in [0, 0.1) is 0 Å². The van der Waals surface area contributed by atoms with Crippen LogP contribution in [-0.4, -0.2) is 24.7 Å². The molecule has 0 saturated carbocycles. The molecule has 0 saturated heterocycles. The Morgan fingerprint density at radius 1 is 0.650 bits per heavy atom. The van der Waals surface area contributed by atoms with Gasteiger partial charge in [0.2, 0.25) is 11.7 Å². The van der Waals surface area contributed by atoms with Crippen molar-refractivity contribution in [2.75, 3.05) is 0 Å². The summed E-state index contributed by atoms with van der Waals surface area (Å²) in [4.78, 5) is 0. The third kappa shape index (κ3) is 5.74. The van der Waals surface area contributed by atoms with Gasteiger partial charge in [0.25, 0.3) is 0 Å². The highest BCUT2D eigenvalue weighted by atomic mass is 19.3. The molecule has 0 aromatic rings. The molecule has 0 nitrogen and oxygen atoms in total. The van der Waals surface area contributed by atoms with Gasteiger partial charge in [-0.15, -0.1) is 0 Å². The molecule has 0 aromatic carbocycles. The summed E-state index contributed by atoms with van der Waals surface area (Å²) in [7, 11) is 0. The minimum atomic E-state index is -5.01. The lowest BCUT2D eigenvalue weighted by molar-refractivity contribution is -0.113. The molecule has 0 unspecified atom stereocenters. The molecule has 12 heteroatoms. The van der Waals surface area contributed by atoms with Gasteiger partial charge in [-0.3, -0.25) is 0 Å². The molecule has 0 aromatic heterocycles. The van der Waals surface area contributed by atoms with Crippen LogP contribution in [0.3, 0.4) is 0 Å². The van der Waals surface area contributed by atoms with E-state index in [1.165, 1.54) is 0 Å². The van der Waals surface area contributed by atoms with Crippen molar-refractivity contribution in [2.45, 2.75) is 24.7 Å². The minimum absolute atomic E-state index is 1.19. The molecule has 0 aliphatic rings. The van der Waals surface area contributed by atoms with E-state index < -0.39 is 49.0 Å². The Kier molecular flexibility index (Phi) is 8.43. The van der Waals surface area contributed by atoms with E-state index in [4.69, 9.17) is 0 Å². The van der Waals surface area contributed by atoms with Gasteiger partial charge >= 0.3 is 24.7 Å². The van der Waals surface area contributed by atoms with E-state index in [0.29, 0.717) is 0 Å². The van der Waals surface area contributed by atoms with E-state index in [1.54, 1.807) is 0 Å². The third-order valence-electron chi connectivity index (χ3n) is 1.38. The van der Waals surface area contributed by atoms with Crippen molar-refractivity contribution in [2.24, 2.45) is 0 Å². The summed E-state index contributed by atoms with van der Waals surface area (Å²) in [5.41, 5.74) is 0. The average molecular weight is 328 g/mol. The molecule has 0 atom stereocenters. The largest absolute Gasteiger partial charge is 0.360 e. The first-order chi connectivity index (χ1) is 8.85. The summed E-state index contributed by atoms with van der Waals surface area (Å²) in [6.45, 7) is 0. The molecular formula is C8H4F12. The highest BCUT2D eigenvalue weighted by Crippen LogP contribution is 2.32. The zero-order chi connectivity index (χ0) is 16.7. The molecule has 0 rings (SSSR count). The van der Waals surface area contributed by atoms with Gasteiger partial charge in [0.1, 0.15) is 12.7 Å². The van der Waals surface area contributed by atoms with Gasteiger partial charge in [0, 0.05) is 0 Å². The second-order valence-corrected chi connectivity index (χ2v) is 2.76. The molecular weight excluding hydrogens is 324 g/mol. The molecule has 0 radical (unpaired) electrons. The van der Waals surface area contributed by atoms with E-state index in [-0.39, 0.29) is 0 Å². The van der Waals surface area contributed by atoms with Crippen molar-refractivity contribution in [1.29, 1.82) is 0 Å². The Morgan fingerprint density at radius 2 is 0.850 bits per heavy atom. The van der Waals surface area contributed by atoms with Gasteiger partial charge in [0.15, 0.2) is 0 Å². The van der Waals surface area contributed by atoms with Crippen LogP contribution in [-0.2, 0) is 0 Å². The Bertz CT molecular complexity index is 307. The standard InChI is InChI=1S/2C4H2F6/c2*5-1-2(6)4(9,10)3(7)8/h2*1,3H. The smallest absolute Gasteiger partial charge is 0.212 e. The first-order valence-electron chi connectivity index (χ1n) is 4.10. The molecule has 0 fully saturated rings. The van der Waals surface area contributed by atoms with E-state index in [9.17, 15) is 52.7 Å². The van der Waals surface area contributed by atoms with Crippen LogP contribution in [0.2, 0.25) is 0 Å². The lowest BCUT2D eigenvalue weighted by Gasteiger charge is -2.10. The van der Waals surface area contributed by atoms with E-state index >= 15 is 0 Å². The molecule has 0 spiro atoms. The van der Waals surface area contributed by atoms with Crippen LogP contribution in [0.15, 0.2) is 24.3 Å². The fraction of sp³-hybridized carbons (Fsp3) is 0.500. The lowest BCUT2D eigenvalue weighted by Crippen LogP contribution is -2.26. The normalized spacial score (nSPS) is 14.5. The number of hydrogen-bond acceptors (Lipinski definition) is 0. The van der Waals surface area contributed by atoms with Gasteiger partial charge in [-0.2, -0.15) is 17.6 Å². The summed E-state index contributed by atoms with van der Waals surface area (Å²) in [5.74, 6) is -15.5. The maximum atomic E-state index is 11.5. The van der Waals surface area contributed by atoms with E-state index in [2.05, 4.69) is 0 Å². The first kappa shape index (κ1) is 20.9. The highest BCUT2D eigenvalue weighted by molar-refractivity contribution is 5.02. The van der Waals surface area contributed by atoms with E-state index in [1.807, 2.05) is 0 Å². The molecule has 0 aliphatic carbocycles. The van der Waals surface area contributed by atoms with Crippen LogP contribution >= 0.6 is 0 Å². The minimum Gasteiger partial charge on any atom is -0.212 e. The van der Waals surface area contributed by atoms with Crippen molar-refractivity contribution >= 4 is 0 Å². The fourth-order valence-electron chi connectivity index (χ4n) is 0.354. The van der Waals surface area contributed by atoms with Gasteiger partial charge < -0.3 is 0 Å². The van der Waals surface area contributed by atoms with Gasteiger partial charge in [-0.1, -0.05) is 0 Å². The predicted octanol–water partition coefficient (Wildman–Crippen LogP) is 5.33. The number of halogens is 12. The first-order valence-corrected chi connectivity index (χ1v) is 4.10. The zero-order valence-electron chi connectivity index (χ0n) is 8.84. The summed E-state index contributed by atoms with van der Waals surface area (Å²) in [6, 6.07) is 0. The fourth-order valence-corrected chi connectivity index (χ4v) is 0.354. The second-order valence-electron chi connectivity index (χ2n) is 2.76. The van der Waals surface area contributed by atoms with Crippen LogP contribution in [0.25, 0.3) is 0 Å². The van der Waals surface area contributed by atoms with Crippen LogP contribution in [0.4, 0.5) is 52.7 Å². The molecule has 0 aliphatic heterocycles. The summed E-state index contributed by atoms with van der Waals surface area (Å²) in [5, 5.41) is 0. The monoisotopic (exact) mass is 328 g/mol. The van der Waals surface area contributed by atoms with E-state index in [0.717, 1.165) is 0 Å². The predicted molar refractivity (Wildman–Crippen MR) is 42.5 cm³/mol. The topological polar surface area (TPSA) is 0 Å². The van der Waals surface area contributed by atoms with Crippen molar-refractivity contribution in [3.8, 4) is 0 Å². The summed E-state index contributed by atoms with van der Waals surface area (Å²) in [6.07, 6.45) is -10.8. The zero-order valence-corrected chi connectivity index (χ0v) is 8.84. The van der Waals surface area contributed by atoms with Crippen LogP contribution < -0.4 is 0 Å². The van der Waals surface area contributed by atoms with Gasteiger partial charge in [0.05, 0.1) is 0 Å². The lowest BCUT2D eigenvalue weighted by atomic mass is 10.3. The van der Waals surface area contributed by atoms with Gasteiger partial charge in [-0.05, 0) is 0 Å². The molecule has 0 N–H and O–H groups in total. The van der Waals surface area contributed by atoms with Crippen LogP contribution in [0.1, 0.15) is 0 Å².